The van der Waals surface area contributed by atoms with Crippen molar-refractivity contribution in [2.45, 2.75) is 51.4 Å². The molecule has 1 aromatic rings. The summed E-state index contributed by atoms with van der Waals surface area (Å²) in [5.41, 5.74) is 1.33. The van der Waals surface area contributed by atoms with E-state index in [1.807, 2.05) is 0 Å². The highest BCUT2D eigenvalue weighted by molar-refractivity contribution is 5.75. The molecule has 0 atom stereocenters. The number of hydrogen-bond acceptors (Lipinski definition) is 3. The fourth-order valence-corrected chi connectivity index (χ4v) is 4.30. The molecule has 1 aromatic carbocycles. The first-order valence-electron chi connectivity index (χ1n) is 10.6. The molecule has 0 bridgehead atoms. The van der Waals surface area contributed by atoms with E-state index in [0.717, 1.165) is 64.4 Å². The molecule has 2 fully saturated rings. The maximum absolute atomic E-state index is 12.0. The summed E-state index contributed by atoms with van der Waals surface area (Å²) in [7, 11) is 0. The van der Waals surface area contributed by atoms with Crippen LogP contribution in [-0.4, -0.2) is 50.1 Å². The Labute approximate surface area is 158 Å². The van der Waals surface area contributed by atoms with Crippen LogP contribution in [0.1, 0.15) is 51.4 Å². The zero-order chi connectivity index (χ0) is 18.0. The average molecular weight is 358 g/mol. The van der Waals surface area contributed by atoms with Gasteiger partial charge in [-0.05, 0) is 37.4 Å². The summed E-state index contributed by atoms with van der Waals surface area (Å²) in [6.07, 6.45) is 9.66. The van der Waals surface area contributed by atoms with Crippen LogP contribution in [0.25, 0.3) is 0 Å². The SMILES string of the molecule is O=C(CCC1CCCCC1)NCCCN1CCN(c2ccccc2)CC1. The summed E-state index contributed by atoms with van der Waals surface area (Å²) in [5.74, 6) is 1.06. The number of anilines is 1. The predicted molar refractivity (Wildman–Crippen MR) is 109 cm³/mol. The normalized spacial score (nSPS) is 19.5. The number of nitrogens with one attached hydrogen (secondary N) is 1. The van der Waals surface area contributed by atoms with Gasteiger partial charge in [-0.3, -0.25) is 9.69 Å². The van der Waals surface area contributed by atoms with Crippen LogP contribution in [0.4, 0.5) is 5.69 Å². The number of rotatable bonds is 8. The summed E-state index contributed by atoms with van der Waals surface area (Å²) in [4.78, 5) is 17.0. The van der Waals surface area contributed by atoms with Gasteiger partial charge in [-0.25, -0.2) is 0 Å². The van der Waals surface area contributed by atoms with Crippen LogP contribution in [0.15, 0.2) is 30.3 Å². The van der Waals surface area contributed by atoms with Crippen LogP contribution < -0.4 is 10.2 Å². The first-order valence-corrected chi connectivity index (χ1v) is 10.6. The van der Waals surface area contributed by atoms with Gasteiger partial charge >= 0.3 is 0 Å². The molecule has 4 heteroatoms. The van der Waals surface area contributed by atoms with E-state index in [-0.39, 0.29) is 5.91 Å². The molecule has 3 rings (SSSR count). The lowest BCUT2D eigenvalue weighted by atomic mass is 9.86. The van der Waals surface area contributed by atoms with Crippen molar-refractivity contribution >= 4 is 11.6 Å². The zero-order valence-corrected chi connectivity index (χ0v) is 16.2. The number of nitrogens with zero attached hydrogens (tertiary/aromatic N) is 2. The van der Waals surface area contributed by atoms with E-state index in [2.05, 4.69) is 45.4 Å². The monoisotopic (exact) mass is 357 g/mol. The van der Waals surface area contributed by atoms with Gasteiger partial charge in [0.2, 0.25) is 5.91 Å². The van der Waals surface area contributed by atoms with Crippen LogP contribution in [0.5, 0.6) is 0 Å². The van der Waals surface area contributed by atoms with Gasteiger partial charge in [-0.15, -0.1) is 0 Å². The van der Waals surface area contributed by atoms with Crippen LogP contribution in [0, 0.1) is 5.92 Å². The zero-order valence-electron chi connectivity index (χ0n) is 16.2. The van der Waals surface area contributed by atoms with Crippen LogP contribution in [0.3, 0.4) is 0 Å². The van der Waals surface area contributed by atoms with Crippen molar-refractivity contribution in [1.82, 2.24) is 10.2 Å². The van der Waals surface area contributed by atoms with E-state index >= 15 is 0 Å². The Kier molecular flexibility index (Phi) is 7.81. The third-order valence-corrected chi connectivity index (χ3v) is 5.97. The van der Waals surface area contributed by atoms with Crippen LogP contribution in [-0.2, 0) is 4.79 Å². The van der Waals surface area contributed by atoms with Crippen molar-refractivity contribution in [3.8, 4) is 0 Å². The third-order valence-electron chi connectivity index (χ3n) is 5.97. The highest BCUT2D eigenvalue weighted by atomic mass is 16.1. The highest BCUT2D eigenvalue weighted by Crippen LogP contribution is 2.27. The second-order valence-electron chi connectivity index (χ2n) is 7.91. The summed E-state index contributed by atoms with van der Waals surface area (Å²) < 4.78 is 0. The number of piperazine rings is 1. The molecule has 1 aliphatic heterocycles. The van der Waals surface area contributed by atoms with Gasteiger partial charge < -0.3 is 10.2 Å². The molecule has 1 N–H and O–H groups in total. The van der Waals surface area contributed by atoms with E-state index < -0.39 is 0 Å². The van der Waals surface area contributed by atoms with Gasteiger partial charge in [-0.2, -0.15) is 0 Å². The van der Waals surface area contributed by atoms with Gasteiger partial charge in [-0.1, -0.05) is 50.3 Å². The second-order valence-corrected chi connectivity index (χ2v) is 7.91. The summed E-state index contributed by atoms with van der Waals surface area (Å²) >= 11 is 0. The third kappa shape index (κ3) is 6.31. The Morgan fingerprint density at radius 3 is 2.46 bits per heavy atom. The molecule has 0 spiro atoms. The topological polar surface area (TPSA) is 35.6 Å². The number of benzene rings is 1. The number of para-hydroxylation sites is 1. The van der Waals surface area contributed by atoms with Gasteiger partial charge in [0.1, 0.15) is 0 Å². The van der Waals surface area contributed by atoms with E-state index in [9.17, 15) is 4.79 Å². The first kappa shape index (κ1) is 19.2. The minimum absolute atomic E-state index is 0.254. The quantitative estimate of drug-likeness (QED) is 0.721. The Morgan fingerprint density at radius 1 is 1.00 bits per heavy atom. The van der Waals surface area contributed by atoms with Gasteiger partial charge in [0.15, 0.2) is 0 Å². The molecule has 2 aliphatic rings. The minimum atomic E-state index is 0.254. The van der Waals surface area contributed by atoms with Crippen molar-refractivity contribution in [3.63, 3.8) is 0 Å². The predicted octanol–water partition coefficient (Wildman–Crippen LogP) is 3.68. The number of amides is 1. The number of carbonyl (C=O) groups excluding carboxylic acids is 1. The first-order chi connectivity index (χ1) is 12.8. The fourth-order valence-electron chi connectivity index (χ4n) is 4.30. The molecule has 0 aromatic heterocycles. The molecule has 1 amide bonds. The Morgan fingerprint density at radius 2 is 1.73 bits per heavy atom. The number of hydrogen-bond donors (Lipinski definition) is 1. The van der Waals surface area contributed by atoms with E-state index in [4.69, 9.17) is 0 Å². The van der Waals surface area contributed by atoms with Crippen molar-refractivity contribution in [3.05, 3.63) is 30.3 Å². The maximum Gasteiger partial charge on any atom is 0.220 e. The average Bonchev–Trinajstić information content (AvgIpc) is 2.71. The van der Waals surface area contributed by atoms with Crippen LogP contribution >= 0.6 is 0 Å². The molecule has 0 unspecified atom stereocenters. The Bertz CT molecular complexity index is 519. The number of carbonyl (C=O) groups is 1. The van der Waals surface area contributed by atoms with Gasteiger partial charge in [0.05, 0.1) is 0 Å². The summed E-state index contributed by atoms with van der Waals surface area (Å²) in [6, 6.07) is 10.7. The van der Waals surface area contributed by atoms with E-state index in [1.54, 1.807) is 0 Å². The van der Waals surface area contributed by atoms with Gasteiger partial charge in [0.25, 0.3) is 0 Å². The lowest BCUT2D eigenvalue weighted by Gasteiger charge is -2.36. The largest absolute Gasteiger partial charge is 0.369 e. The molecule has 0 radical (unpaired) electrons. The van der Waals surface area contributed by atoms with E-state index in [0.29, 0.717) is 0 Å². The fraction of sp³-hybridized carbons (Fsp3) is 0.682. The summed E-state index contributed by atoms with van der Waals surface area (Å²) in [5, 5.41) is 3.12. The molecule has 1 heterocycles. The lowest BCUT2D eigenvalue weighted by molar-refractivity contribution is -0.121. The van der Waals surface area contributed by atoms with E-state index in [1.165, 1.54) is 37.8 Å². The molecular weight excluding hydrogens is 322 g/mol. The van der Waals surface area contributed by atoms with Crippen molar-refractivity contribution in [1.29, 1.82) is 0 Å². The van der Waals surface area contributed by atoms with Crippen molar-refractivity contribution in [2.75, 3.05) is 44.2 Å². The van der Waals surface area contributed by atoms with Crippen molar-refractivity contribution < 1.29 is 4.79 Å². The minimum Gasteiger partial charge on any atom is -0.369 e. The summed E-state index contributed by atoms with van der Waals surface area (Å²) in [6.45, 7) is 6.33. The molecule has 144 valence electrons. The smallest absolute Gasteiger partial charge is 0.220 e. The molecule has 4 nitrogen and oxygen atoms in total. The molecule has 1 saturated carbocycles. The Balaban J connectivity index is 1.22. The molecule has 26 heavy (non-hydrogen) atoms. The molecule has 1 aliphatic carbocycles. The maximum atomic E-state index is 12.0. The Hall–Kier alpha value is -1.55. The molecule has 1 saturated heterocycles. The highest BCUT2D eigenvalue weighted by Gasteiger charge is 2.17. The molecular formula is C22H35N3O. The van der Waals surface area contributed by atoms with Crippen molar-refractivity contribution in [2.24, 2.45) is 5.92 Å². The second kappa shape index (κ2) is 10.6. The van der Waals surface area contributed by atoms with Crippen LogP contribution in [0.2, 0.25) is 0 Å². The standard InChI is InChI=1S/C22H35N3O/c26-22(13-12-20-8-3-1-4-9-20)23-14-7-15-24-16-18-25(19-17-24)21-10-5-2-6-11-21/h2,5-6,10-11,20H,1,3-4,7-9,12-19H2,(H,23,26). The van der Waals surface area contributed by atoms with Gasteiger partial charge in [0, 0.05) is 44.8 Å². The lowest BCUT2D eigenvalue weighted by Crippen LogP contribution is -2.47.